The highest BCUT2D eigenvalue weighted by Crippen LogP contribution is 2.44. The molecule has 0 aliphatic carbocycles. The van der Waals surface area contributed by atoms with Crippen LogP contribution < -0.4 is 33.8 Å². The zero-order valence-corrected chi connectivity index (χ0v) is 17.1. The molecule has 3 rings (SSSR count). The molecule has 0 spiro atoms. The fraction of sp³-hybridized carbons (Fsp3) is 0.286. The van der Waals surface area contributed by atoms with Crippen LogP contribution in [-0.2, 0) is 0 Å². The van der Waals surface area contributed by atoms with Gasteiger partial charge in [-0.15, -0.1) is 0 Å². The number of hydrogen-bond donors (Lipinski definition) is 0. The summed E-state index contributed by atoms with van der Waals surface area (Å²) < 4.78 is 38.1. The molecule has 0 saturated heterocycles. The summed E-state index contributed by atoms with van der Waals surface area (Å²) in [6, 6.07) is 6.64. The van der Waals surface area contributed by atoms with Crippen molar-refractivity contribution in [1.82, 2.24) is 0 Å². The molecule has 0 N–H and O–H groups in total. The third-order valence-electron chi connectivity index (χ3n) is 4.51. The first-order valence-electron chi connectivity index (χ1n) is 8.60. The monoisotopic (exact) mass is 402 g/mol. The highest BCUT2D eigenvalue weighted by atomic mass is 16.6. The number of rotatable bonds is 7. The molecule has 0 aliphatic heterocycles. The lowest BCUT2D eigenvalue weighted by atomic mass is 10.0. The van der Waals surface area contributed by atoms with Crippen molar-refractivity contribution < 1.29 is 32.8 Å². The van der Waals surface area contributed by atoms with E-state index in [1.165, 1.54) is 42.7 Å². The Morgan fingerprint density at radius 2 is 1.34 bits per heavy atom. The first-order valence-corrected chi connectivity index (χ1v) is 8.60. The zero-order valence-electron chi connectivity index (χ0n) is 17.1. The van der Waals surface area contributed by atoms with Crippen LogP contribution in [0.15, 0.2) is 33.5 Å². The number of hydrogen-bond acceptors (Lipinski definition) is 8. The SMILES string of the molecule is COc1ccc(-c2c(OC)oc3cc(OC)c(OC)c(OC)c3c2=O)cc1OC. The summed E-state index contributed by atoms with van der Waals surface area (Å²) in [5.74, 6) is 1.90. The van der Waals surface area contributed by atoms with Crippen molar-refractivity contribution in [2.75, 3.05) is 42.7 Å². The average Bonchev–Trinajstić information content (AvgIpc) is 2.76. The molecule has 1 heterocycles. The van der Waals surface area contributed by atoms with Crippen molar-refractivity contribution in [3.63, 3.8) is 0 Å². The predicted octanol–water partition coefficient (Wildman–Crippen LogP) is 3.51. The second-order valence-corrected chi connectivity index (χ2v) is 5.89. The third-order valence-corrected chi connectivity index (χ3v) is 4.51. The summed E-state index contributed by atoms with van der Waals surface area (Å²) >= 11 is 0. The molecule has 154 valence electrons. The molecule has 2 aromatic carbocycles. The van der Waals surface area contributed by atoms with Gasteiger partial charge in [-0.3, -0.25) is 4.79 Å². The second kappa shape index (κ2) is 8.22. The molecule has 1 aromatic heterocycles. The Balaban J connectivity index is 2.42. The van der Waals surface area contributed by atoms with Crippen LogP contribution in [0.5, 0.6) is 34.7 Å². The fourth-order valence-electron chi connectivity index (χ4n) is 3.18. The first kappa shape index (κ1) is 20.2. The van der Waals surface area contributed by atoms with Gasteiger partial charge in [0.05, 0.1) is 42.7 Å². The molecule has 8 heteroatoms. The van der Waals surface area contributed by atoms with E-state index >= 15 is 0 Å². The van der Waals surface area contributed by atoms with Gasteiger partial charge in [-0.05, 0) is 17.7 Å². The minimum absolute atomic E-state index is 0.0454. The Kier molecular flexibility index (Phi) is 5.72. The van der Waals surface area contributed by atoms with E-state index in [0.717, 1.165) is 0 Å². The highest BCUT2D eigenvalue weighted by molar-refractivity contribution is 5.93. The Bertz CT molecular complexity index is 1100. The van der Waals surface area contributed by atoms with Crippen LogP contribution in [0.4, 0.5) is 0 Å². The normalized spacial score (nSPS) is 10.6. The maximum Gasteiger partial charge on any atom is 0.296 e. The Morgan fingerprint density at radius 3 is 1.90 bits per heavy atom. The summed E-state index contributed by atoms with van der Waals surface area (Å²) in [5.41, 5.74) is 0.636. The number of methoxy groups -OCH3 is 6. The molecular formula is C21H22O8. The lowest BCUT2D eigenvalue weighted by molar-refractivity contribution is 0.307. The van der Waals surface area contributed by atoms with Gasteiger partial charge in [0.25, 0.3) is 5.95 Å². The van der Waals surface area contributed by atoms with Crippen molar-refractivity contribution in [2.45, 2.75) is 0 Å². The molecule has 0 atom stereocenters. The standard InChI is InChI=1S/C21H22O8/c1-23-12-8-7-11(9-13(12)24-2)16-18(22)17-14(29-21(16)28-6)10-15(25-3)19(26-4)20(17)27-5/h7-10H,1-6H3. The fourth-order valence-corrected chi connectivity index (χ4v) is 3.18. The number of fused-ring (bicyclic) bond motifs is 1. The molecule has 0 amide bonds. The van der Waals surface area contributed by atoms with Crippen LogP contribution in [-0.4, -0.2) is 42.7 Å². The minimum Gasteiger partial charge on any atom is -0.493 e. The maximum atomic E-state index is 13.5. The smallest absolute Gasteiger partial charge is 0.296 e. The maximum absolute atomic E-state index is 13.5. The average molecular weight is 402 g/mol. The molecule has 0 bridgehead atoms. The highest BCUT2D eigenvalue weighted by Gasteiger charge is 2.25. The first-order chi connectivity index (χ1) is 14.0. The van der Waals surface area contributed by atoms with Gasteiger partial charge < -0.3 is 32.8 Å². The third kappa shape index (κ3) is 3.26. The topological polar surface area (TPSA) is 85.6 Å². The van der Waals surface area contributed by atoms with Crippen molar-refractivity contribution in [1.29, 1.82) is 0 Å². The van der Waals surface area contributed by atoms with Crippen molar-refractivity contribution in [3.8, 4) is 45.8 Å². The summed E-state index contributed by atoms with van der Waals surface area (Å²) in [5, 5.41) is 0.204. The Morgan fingerprint density at radius 1 is 0.690 bits per heavy atom. The number of ether oxygens (including phenoxy) is 6. The van der Waals surface area contributed by atoms with Crippen molar-refractivity contribution in [2.24, 2.45) is 0 Å². The largest absolute Gasteiger partial charge is 0.493 e. The van der Waals surface area contributed by atoms with Gasteiger partial charge in [0.2, 0.25) is 11.2 Å². The molecule has 0 aliphatic rings. The van der Waals surface area contributed by atoms with E-state index in [-0.39, 0.29) is 33.7 Å². The van der Waals surface area contributed by atoms with Gasteiger partial charge in [0.1, 0.15) is 16.5 Å². The van der Waals surface area contributed by atoms with Crippen LogP contribution in [0.1, 0.15) is 0 Å². The lowest BCUT2D eigenvalue weighted by Crippen LogP contribution is -2.10. The quantitative estimate of drug-likeness (QED) is 0.594. The van der Waals surface area contributed by atoms with Crippen LogP contribution in [0.3, 0.4) is 0 Å². The van der Waals surface area contributed by atoms with Crippen molar-refractivity contribution >= 4 is 11.0 Å². The van der Waals surface area contributed by atoms with E-state index in [2.05, 4.69) is 0 Å². The van der Waals surface area contributed by atoms with Gasteiger partial charge in [-0.1, -0.05) is 6.07 Å². The molecule has 3 aromatic rings. The summed E-state index contributed by atoms with van der Waals surface area (Å²) in [4.78, 5) is 13.5. The molecular weight excluding hydrogens is 380 g/mol. The van der Waals surface area contributed by atoms with Crippen LogP contribution in [0.2, 0.25) is 0 Å². The van der Waals surface area contributed by atoms with E-state index in [1.54, 1.807) is 24.3 Å². The van der Waals surface area contributed by atoms with E-state index in [4.69, 9.17) is 32.8 Å². The molecule has 0 saturated carbocycles. The Labute approximate surface area is 167 Å². The molecule has 29 heavy (non-hydrogen) atoms. The van der Waals surface area contributed by atoms with E-state index in [0.29, 0.717) is 28.6 Å². The van der Waals surface area contributed by atoms with Gasteiger partial charge in [0, 0.05) is 6.07 Å². The predicted molar refractivity (Wildman–Crippen MR) is 107 cm³/mol. The molecule has 0 unspecified atom stereocenters. The lowest BCUT2D eigenvalue weighted by Gasteiger charge is -2.16. The van der Waals surface area contributed by atoms with E-state index in [1.807, 2.05) is 0 Å². The number of benzene rings is 2. The zero-order chi connectivity index (χ0) is 21.1. The van der Waals surface area contributed by atoms with Crippen molar-refractivity contribution in [3.05, 3.63) is 34.5 Å². The van der Waals surface area contributed by atoms with Gasteiger partial charge in [0.15, 0.2) is 23.0 Å². The van der Waals surface area contributed by atoms with Gasteiger partial charge in [-0.2, -0.15) is 0 Å². The van der Waals surface area contributed by atoms with Gasteiger partial charge in [-0.25, -0.2) is 0 Å². The summed E-state index contributed by atoms with van der Waals surface area (Å²) in [6.45, 7) is 0. The van der Waals surface area contributed by atoms with Gasteiger partial charge >= 0.3 is 0 Å². The summed E-state index contributed by atoms with van der Waals surface area (Å²) in [6.07, 6.45) is 0. The Hall–Kier alpha value is -3.55. The second-order valence-electron chi connectivity index (χ2n) is 5.89. The van der Waals surface area contributed by atoms with Crippen LogP contribution in [0.25, 0.3) is 22.1 Å². The molecule has 8 nitrogen and oxygen atoms in total. The molecule has 0 radical (unpaired) electrons. The van der Waals surface area contributed by atoms with Crippen LogP contribution in [0, 0.1) is 0 Å². The van der Waals surface area contributed by atoms with Crippen LogP contribution >= 0.6 is 0 Å². The summed E-state index contributed by atoms with van der Waals surface area (Å²) in [7, 11) is 8.86. The molecule has 0 fully saturated rings. The van der Waals surface area contributed by atoms with E-state index < -0.39 is 0 Å². The minimum atomic E-state index is -0.354. The van der Waals surface area contributed by atoms with E-state index in [9.17, 15) is 4.79 Å².